The van der Waals surface area contributed by atoms with E-state index >= 15 is 0 Å². The van der Waals surface area contributed by atoms with E-state index in [0.717, 1.165) is 6.07 Å². The zero-order valence-corrected chi connectivity index (χ0v) is 17.8. The number of benzene rings is 2. The first-order valence-corrected chi connectivity index (χ1v) is 10.5. The summed E-state index contributed by atoms with van der Waals surface area (Å²) >= 11 is 1.26. The van der Waals surface area contributed by atoms with Gasteiger partial charge in [-0.3, -0.25) is 14.9 Å². The fourth-order valence-corrected chi connectivity index (χ4v) is 3.58. The topological polar surface area (TPSA) is 80.3 Å². The Hall–Kier alpha value is -3.40. The summed E-state index contributed by atoms with van der Waals surface area (Å²) < 4.78 is 44.1. The molecule has 0 aliphatic rings. The first-order chi connectivity index (χ1) is 15.2. The van der Waals surface area contributed by atoms with Crippen LogP contribution in [0, 0.1) is 0 Å². The molecule has 2 aromatic carbocycles. The molecule has 168 valence electrons. The Labute approximate surface area is 186 Å². The minimum Gasteiger partial charge on any atom is -0.465 e. The Morgan fingerprint density at radius 2 is 1.81 bits per heavy atom. The number of hydrogen-bond acceptors (Lipinski definition) is 6. The third-order valence-corrected chi connectivity index (χ3v) is 5.20. The monoisotopic (exact) mass is 463 g/mol. The van der Waals surface area contributed by atoms with Crippen molar-refractivity contribution in [3.05, 3.63) is 76.3 Å². The van der Waals surface area contributed by atoms with E-state index in [2.05, 4.69) is 15.6 Å². The number of ether oxygens (including phenoxy) is 1. The molecule has 3 aromatic rings. The van der Waals surface area contributed by atoms with Crippen LogP contribution in [0.1, 0.15) is 34.1 Å². The first-order valence-electron chi connectivity index (χ1n) is 9.60. The molecule has 0 unspecified atom stereocenters. The number of carbonyl (C=O) groups is 2. The molecule has 0 fully saturated rings. The summed E-state index contributed by atoms with van der Waals surface area (Å²) in [6.45, 7) is 1.54. The number of esters is 1. The van der Waals surface area contributed by atoms with Gasteiger partial charge in [0.1, 0.15) is 0 Å². The molecular weight excluding hydrogens is 443 g/mol. The number of halogens is 3. The molecule has 2 N–H and O–H groups in total. The van der Waals surface area contributed by atoms with Crippen molar-refractivity contribution in [3.63, 3.8) is 0 Å². The van der Waals surface area contributed by atoms with Gasteiger partial charge in [-0.25, -0.2) is 4.98 Å². The molecule has 0 aliphatic carbocycles. The largest absolute Gasteiger partial charge is 0.465 e. The van der Waals surface area contributed by atoms with Gasteiger partial charge in [0, 0.05) is 36.5 Å². The summed E-state index contributed by atoms with van der Waals surface area (Å²) in [5, 5.41) is 7.82. The summed E-state index contributed by atoms with van der Waals surface area (Å²) in [5.41, 5.74) is 1.11. The van der Waals surface area contributed by atoms with Crippen LogP contribution in [0.3, 0.4) is 0 Å². The lowest BCUT2D eigenvalue weighted by atomic mass is 10.1. The van der Waals surface area contributed by atoms with Crippen LogP contribution in [0.2, 0.25) is 0 Å². The normalized spacial score (nSPS) is 11.1. The second-order valence-electron chi connectivity index (χ2n) is 6.77. The molecule has 0 radical (unpaired) electrons. The van der Waals surface area contributed by atoms with Crippen molar-refractivity contribution in [1.29, 1.82) is 0 Å². The minimum absolute atomic E-state index is 0.00351. The fraction of sp³-hybridized carbons (Fsp3) is 0.227. The van der Waals surface area contributed by atoms with E-state index in [0.29, 0.717) is 28.5 Å². The second kappa shape index (κ2) is 10.3. The van der Waals surface area contributed by atoms with Crippen molar-refractivity contribution < 1.29 is 27.5 Å². The molecule has 10 heteroatoms. The van der Waals surface area contributed by atoms with Gasteiger partial charge < -0.3 is 10.1 Å². The lowest BCUT2D eigenvalue weighted by Crippen LogP contribution is -2.13. The fourth-order valence-electron chi connectivity index (χ4n) is 2.84. The highest BCUT2D eigenvalue weighted by Gasteiger charge is 2.32. The SMILES string of the molecule is CC(=O)OCCc1csc(NC(=O)c2ccc(NCc3ccccc3C(F)(F)F)cc2)n1. The Morgan fingerprint density at radius 1 is 1.09 bits per heavy atom. The van der Waals surface area contributed by atoms with Crippen molar-refractivity contribution in [2.24, 2.45) is 0 Å². The van der Waals surface area contributed by atoms with E-state index in [4.69, 9.17) is 4.74 Å². The zero-order valence-electron chi connectivity index (χ0n) is 17.0. The predicted octanol–water partition coefficient (Wildman–Crippen LogP) is 5.13. The van der Waals surface area contributed by atoms with Gasteiger partial charge >= 0.3 is 12.1 Å². The van der Waals surface area contributed by atoms with E-state index in [1.165, 1.54) is 30.4 Å². The molecule has 0 aliphatic heterocycles. The van der Waals surface area contributed by atoms with Crippen LogP contribution in [0.4, 0.5) is 24.0 Å². The second-order valence-corrected chi connectivity index (χ2v) is 7.63. The van der Waals surface area contributed by atoms with Gasteiger partial charge in [0.05, 0.1) is 17.9 Å². The molecular formula is C22H20F3N3O3S. The lowest BCUT2D eigenvalue weighted by Gasteiger charge is -2.14. The van der Waals surface area contributed by atoms with Crippen molar-refractivity contribution in [3.8, 4) is 0 Å². The molecule has 0 bridgehead atoms. The number of carbonyl (C=O) groups excluding carboxylic acids is 2. The van der Waals surface area contributed by atoms with Crippen molar-refractivity contribution in [2.75, 3.05) is 17.2 Å². The number of rotatable bonds is 8. The highest BCUT2D eigenvalue weighted by Crippen LogP contribution is 2.32. The first kappa shape index (κ1) is 23.3. The Morgan fingerprint density at radius 3 is 2.50 bits per heavy atom. The molecule has 0 spiro atoms. The summed E-state index contributed by atoms with van der Waals surface area (Å²) in [6.07, 6.45) is -3.97. The number of amides is 1. The quantitative estimate of drug-likeness (QED) is 0.453. The van der Waals surface area contributed by atoms with Gasteiger partial charge in [0.2, 0.25) is 0 Å². The molecule has 1 amide bonds. The average molecular weight is 463 g/mol. The van der Waals surface area contributed by atoms with Gasteiger partial charge in [-0.05, 0) is 35.9 Å². The van der Waals surface area contributed by atoms with Gasteiger partial charge in [-0.15, -0.1) is 11.3 Å². The lowest BCUT2D eigenvalue weighted by molar-refractivity contribution is -0.141. The third kappa shape index (κ3) is 6.55. The maximum absolute atomic E-state index is 13.1. The van der Waals surface area contributed by atoms with E-state index in [1.54, 1.807) is 35.7 Å². The van der Waals surface area contributed by atoms with Crippen LogP contribution in [0.25, 0.3) is 0 Å². The highest BCUT2D eigenvalue weighted by atomic mass is 32.1. The molecule has 32 heavy (non-hydrogen) atoms. The predicted molar refractivity (Wildman–Crippen MR) is 116 cm³/mol. The number of hydrogen-bond donors (Lipinski definition) is 2. The molecule has 0 saturated carbocycles. The Bertz CT molecular complexity index is 1080. The van der Waals surface area contributed by atoms with E-state index < -0.39 is 11.7 Å². The molecule has 1 heterocycles. The number of thiazole rings is 1. The molecule has 3 rings (SSSR count). The maximum atomic E-state index is 13.1. The van der Waals surface area contributed by atoms with Crippen LogP contribution in [0.5, 0.6) is 0 Å². The van der Waals surface area contributed by atoms with Crippen molar-refractivity contribution >= 4 is 34.0 Å². The van der Waals surface area contributed by atoms with Gasteiger partial charge in [-0.2, -0.15) is 13.2 Å². The molecule has 6 nitrogen and oxygen atoms in total. The summed E-state index contributed by atoms with van der Waals surface area (Å²) in [4.78, 5) is 27.5. The van der Waals surface area contributed by atoms with Crippen LogP contribution in [0.15, 0.2) is 53.9 Å². The molecule has 0 atom stereocenters. The van der Waals surface area contributed by atoms with Gasteiger partial charge in [0.15, 0.2) is 5.13 Å². The number of nitrogens with zero attached hydrogens (tertiary/aromatic N) is 1. The van der Waals surface area contributed by atoms with E-state index in [1.807, 2.05) is 0 Å². The number of aromatic nitrogens is 1. The standard InChI is InChI=1S/C22H20F3N3O3S/c1-14(29)31-11-10-18-13-32-21(27-18)28-20(30)15-6-8-17(9-7-15)26-12-16-4-2-3-5-19(16)22(23,24)25/h2-9,13,26H,10-12H2,1H3,(H,27,28,30). The zero-order chi connectivity index (χ0) is 23.1. The van der Waals surface area contributed by atoms with Crippen LogP contribution in [-0.4, -0.2) is 23.5 Å². The molecule has 1 aromatic heterocycles. The smallest absolute Gasteiger partial charge is 0.416 e. The summed E-state index contributed by atoms with van der Waals surface area (Å²) in [7, 11) is 0. The summed E-state index contributed by atoms with van der Waals surface area (Å²) in [6, 6.07) is 11.8. The number of nitrogens with one attached hydrogen (secondary N) is 2. The van der Waals surface area contributed by atoms with Gasteiger partial charge in [-0.1, -0.05) is 18.2 Å². The van der Waals surface area contributed by atoms with Crippen molar-refractivity contribution in [1.82, 2.24) is 4.98 Å². The van der Waals surface area contributed by atoms with E-state index in [-0.39, 0.29) is 30.6 Å². The van der Waals surface area contributed by atoms with Gasteiger partial charge in [0.25, 0.3) is 5.91 Å². The van der Waals surface area contributed by atoms with Crippen molar-refractivity contribution in [2.45, 2.75) is 26.1 Å². The van der Waals surface area contributed by atoms with Crippen LogP contribution < -0.4 is 10.6 Å². The third-order valence-electron chi connectivity index (χ3n) is 4.39. The molecule has 0 saturated heterocycles. The van der Waals surface area contributed by atoms with Crippen LogP contribution in [-0.2, 0) is 28.7 Å². The summed E-state index contributed by atoms with van der Waals surface area (Å²) in [5.74, 6) is -0.726. The number of anilines is 2. The Balaban J connectivity index is 1.55. The Kier molecular flexibility index (Phi) is 7.47. The minimum atomic E-state index is -4.42. The van der Waals surface area contributed by atoms with Crippen LogP contribution >= 0.6 is 11.3 Å². The highest BCUT2D eigenvalue weighted by molar-refractivity contribution is 7.14. The number of alkyl halides is 3. The average Bonchev–Trinajstić information content (AvgIpc) is 3.19. The maximum Gasteiger partial charge on any atom is 0.416 e. The van der Waals surface area contributed by atoms with E-state index in [9.17, 15) is 22.8 Å².